The van der Waals surface area contributed by atoms with Gasteiger partial charge in [0.1, 0.15) is 23.8 Å². The lowest BCUT2D eigenvalue weighted by Crippen LogP contribution is -2.50. The fourth-order valence-corrected chi connectivity index (χ4v) is 3.41. The Bertz CT molecular complexity index is 747. The van der Waals surface area contributed by atoms with Crippen LogP contribution in [0.2, 0.25) is 0 Å². The molecular formula is C17H22N6O2. The molecule has 2 aliphatic heterocycles. The van der Waals surface area contributed by atoms with Gasteiger partial charge in [-0.05, 0) is 13.3 Å². The first-order valence-corrected chi connectivity index (χ1v) is 8.66. The minimum Gasteiger partial charge on any atom is -0.381 e. The highest BCUT2D eigenvalue weighted by molar-refractivity contribution is 5.79. The number of ether oxygens (including phenoxy) is 1. The summed E-state index contributed by atoms with van der Waals surface area (Å²) in [5.74, 6) is 2.85. The maximum Gasteiger partial charge on any atom is 0.228 e. The number of aryl methyl sites for hydroxylation is 1. The molecule has 8 nitrogen and oxygen atoms in total. The highest BCUT2D eigenvalue weighted by atomic mass is 16.5. The Hall–Kier alpha value is -2.48. The maximum absolute atomic E-state index is 12.5. The van der Waals surface area contributed by atoms with Crippen molar-refractivity contribution in [3.05, 3.63) is 30.6 Å². The Labute approximate surface area is 146 Å². The molecule has 0 N–H and O–H groups in total. The molecule has 0 aromatic carbocycles. The summed E-state index contributed by atoms with van der Waals surface area (Å²) in [4.78, 5) is 29.6. The van der Waals surface area contributed by atoms with Crippen molar-refractivity contribution in [2.45, 2.75) is 13.3 Å². The molecule has 8 heteroatoms. The maximum atomic E-state index is 12.5. The number of amides is 1. The molecular weight excluding hydrogens is 320 g/mol. The normalized spacial score (nSPS) is 20.9. The summed E-state index contributed by atoms with van der Waals surface area (Å²) in [7, 11) is 0. The first-order valence-electron chi connectivity index (χ1n) is 8.66. The third-order valence-electron chi connectivity index (χ3n) is 4.91. The molecule has 0 radical (unpaired) electrons. The number of rotatable bonds is 3. The number of nitrogens with zero attached hydrogens (tertiary/aromatic N) is 6. The van der Waals surface area contributed by atoms with Gasteiger partial charge in [-0.1, -0.05) is 0 Å². The SMILES string of the molecule is Cc1nccn1-c1cc(N2CCN(C(=O)C3CCOC3)CC2)ncn1. The minimum absolute atomic E-state index is 0.0430. The third-order valence-corrected chi connectivity index (χ3v) is 4.91. The van der Waals surface area contributed by atoms with E-state index in [9.17, 15) is 4.79 Å². The fraction of sp³-hybridized carbons (Fsp3) is 0.529. The molecule has 2 saturated heterocycles. The lowest BCUT2D eigenvalue weighted by Gasteiger charge is -2.36. The van der Waals surface area contributed by atoms with Crippen LogP contribution in [0.1, 0.15) is 12.2 Å². The zero-order valence-corrected chi connectivity index (χ0v) is 14.3. The van der Waals surface area contributed by atoms with E-state index in [4.69, 9.17) is 4.74 Å². The number of aromatic nitrogens is 4. The van der Waals surface area contributed by atoms with Crippen molar-refractivity contribution in [2.24, 2.45) is 5.92 Å². The molecule has 0 aliphatic carbocycles. The Morgan fingerprint density at radius 2 is 1.96 bits per heavy atom. The highest BCUT2D eigenvalue weighted by Crippen LogP contribution is 2.20. The molecule has 0 bridgehead atoms. The summed E-state index contributed by atoms with van der Waals surface area (Å²) >= 11 is 0. The lowest BCUT2D eigenvalue weighted by molar-refractivity contribution is -0.135. The predicted octanol–water partition coefficient (Wildman–Crippen LogP) is 0.656. The Kier molecular flexibility index (Phi) is 4.35. The average Bonchev–Trinajstić information content (AvgIpc) is 3.33. The van der Waals surface area contributed by atoms with E-state index in [1.807, 2.05) is 28.7 Å². The smallest absolute Gasteiger partial charge is 0.228 e. The summed E-state index contributed by atoms with van der Waals surface area (Å²) in [6, 6.07) is 1.97. The van der Waals surface area contributed by atoms with Crippen LogP contribution in [-0.2, 0) is 9.53 Å². The van der Waals surface area contributed by atoms with Gasteiger partial charge in [-0.25, -0.2) is 15.0 Å². The average molecular weight is 342 g/mol. The number of hydrogen-bond acceptors (Lipinski definition) is 6. The van der Waals surface area contributed by atoms with E-state index in [0.717, 1.165) is 50.1 Å². The zero-order chi connectivity index (χ0) is 17.2. The van der Waals surface area contributed by atoms with E-state index in [1.54, 1.807) is 12.5 Å². The Balaban J connectivity index is 1.42. The number of carbonyl (C=O) groups excluding carboxylic acids is 1. The summed E-state index contributed by atoms with van der Waals surface area (Å²) in [6.07, 6.45) is 6.08. The fourth-order valence-electron chi connectivity index (χ4n) is 3.41. The topological polar surface area (TPSA) is 76.4 Å². The minimum atomic E-state index is 0.0430. The number of carbonyl (C=O) groups is 1. The summed E-state index contributed by atoms with van der Waals surface area (Å²) in [5, 5.41) is 0. The van der Waals surface area contributed by atoms with E-state index in [-0.39, 0.29) is 11.8 Å². The van der Waals surface area contributed by atoms with Crippen molar-refractivity contribution in [3.8, 4) is 5.82 Å². The zero-order valence-electron chi connectivity index (χ0n) is 14.3. The van der Waals surface area contributed by atoms with Crippen LogP contribution in [0.3, 0.4) is 0 Å². The summed E-state index contributed by atoms with van der Waals surface area (Å²) < 4.78 is 7.27. The first-order chi connectivity index (χ1) is 12.2. The highest BCUT2D eigenvalue weighted by Gasteiger charge is 2.30. The van der Waals surface area contributed by atoms with Gasteiger partial charge < -0.3 is 14.5 Å². The molecule has 1 atom stereocenters. The van der Waals surface area contributed by atoms with Crippen molar-refractivity contribution in [3.63, 3.8) is 0 Å². The monoisotopic (exact) mass is 342 g/mol. The van der Waals surface area contributed by atoms with Gasteiger partial charge in [0.05, 0.1) is 12.5 Å². The molecule has 1 unspecified atom stereocenters. The second-order valence-corrected chi connectivity index (χ2v) is 6.45. The van der Waals surface area contributed by atoms with Gasteiger partial charge in [0, 0.05) is 51.2 Å². The molecule has 2 aromatic rings. The third kappa shape index (κ3) is 3.21. The number of anilines is 1. The molecule has 4 heterocycles. The molecule has 1 amide bonds. The Morgan fingerprint density at radius 3 is 2.64 bits per heavy atom. The second-order valence-electron chi connectivity index (χ2n) is 6.45. The molecule has 0 saturated carbocycles. The van der Waals surface area contributed by atoms with Crippen LogP contribution in [0.15, 0.2) is 24.8 Å². The van der Waals surface area contributed by atoms with Gasteiger partial charge in [-0.3, -0.25) is 9.36 Å². The second kappa shape index (κ2) is 6.79. The van der Waals surface area contributed by atoms with E-state index in [2.05, 4.69) is 19.9 Å². The number of hydrogen-bond donors (Lipinski definition) is 0. The molecule has 132 valence electrons. The van der Waals surface area contributed by atoms with Crippen LogP contribution in [0.25, 0.3) is 5.82 Å². The van der Waals surface area contributed by atoms with Crippen LogP contribution in [0, 0.1) is 12.8 Å². The van der Waals surface area contributed by atoms with E-state index in [0.29, 0.717) is 13.2 Å². The number of piperazine rings is 1. The van der Waals surface area contributed by atoms with E-state index < -0.39 is 0 Å². The van der Waals surface area contributed by atoms with Gasteiger partial charge in [-0.15, -0.1) is 0 Å². The van der Waals surface area contributed by atoms with Gasteiger partial charge in [0.25, 0.3) is 0 Å². The summed E-state index contributed by atoms with van der Waals surface area (Å²) in [5.41, 5.74) is 0. The Morgan fingerprint density at radius 1 is 1.16 bits per heavy atom. The van der Waals surface area contributed by atoms with Gasteiger partial charge >= 0.3 is 0 Å². The molecule has 25 heavy (non-hydrogen) atoms. The summed E-state index contributed by atoms with van der Waals surface area (Å²) in [6.45, 7) is 6.21. The number of imidazole rings is 1. The van der Waals surface area contributed by atoms with E-state index >= 15 is 0 Å². The van der Waals surface area contributed by atoms with Gasteiger partial charge in [0.2, 0.25) is 5.91 Å². The van der Waals surface area contributed by atoms with Crippen LogP contribution in [-0.4, -0.2) is 69.7 Å². The first kappa shape index (κ1) is 16.0. The predicted molar refractivity (Wildman–Crippen MR) is 91.6 cm³/mol. The van der Waals surface area contributed by atoms with Gasteiger partial charge in [-0.2, -0.15) is 0 Å². The van der Waals surface area contributed by atoms with Crippen molar-refractivity contribution in [1.29, 1.82) is 0 Å². The van der Waals surface area contributed by atoms with Crippen LogP contribution >= 0.6 is 0 Å². The standard InChI is InChI=1S/C17H22N6O2/c1-13-18-3-4-23(13)16-10-15(19-12-20-16)21-5-7-22(8-6-21)17(24)14-2-9-25-11-14/h3-4,10,12,14H,2,5-9,11H2,1H3. The molecule has 4 rings (SSSR count). The van der Waals surface area contributed by atoms with E-state index in [1.165, 1.54) is 0 Å². The van der Waals surface area contributed by atoms with Crippen molar-refractivity contribution in [2.75, 3.05) is 44.3 Å². The molecule has 2 fully saturated rings. The molecule has 2 aromatic heterocycles. The van der Waals surface area contributed by atoms with Crippen LogP contribution in [0.5, 0.6) is 0 Å². The van der Waals surface area contributed by atoms with Crippen LogP contribution in [0.4, 0.5) is 5.82 Å². The van der Waals surface area contributed by atoms with Gasteiger partial charge in [0.15, 0.2) is 0 Å². The molecule has 2 aliphatic rings. The van der Waals surface area contributed by atoms with Crippen LogP contribution < -0.4 is 4.90 Å². The largest absolute Gasteiger partial charge is 0.381 e. The quantitative estimate of drug-likeness (QED) is 0.815. The molecule has 0 spiro atoms. The van der Waals surface area contributed by atoms with Crippen molar-refractivity contribution >= 4 is 11.7 Å². The lowest BCUT2D eigenvalue weighted by atomic mass is 10.1. The van der Waals surface area contributed by atoms with Crippen molar-refractivity contribution < 1.29 is 9.53 Å². The van der Waals surface area contributed by atoms with Crippen molar-refractivity contribution in [1.82, 2.24) is 24.4 Å².